The largest absolute Gasteiger partial charge is 0.349 e. The number of likely N-dealkylation sites (tertiary alicyclic amines) is 1. The molecule has 8 heteroatoms. The minimum absolute atomic E-state index is 0. The molecule has 2 aliphatic rings. The molecule has 4 heterocycles. The van der Waals surface area contributed by atoms with Crippen molar-refractivity contribution < 1.29 is 4.79 Å². The number of benzene rings is 1. The zero-order chi connectivity index (χ0) is 19.8. The number of nitrogens with zero attached hydrogens (tertiary/aromatic N) is 3. The van der Waals surface area contributed by atoms with E-state index < -0.39 is 0 Å². The Balaban J connectivity index is 0.00000136. The van der Waals surface area contributed by atoms with E-state index in [1.807, 2.05) is 30.5 Å². The molecule has 164 valence electrons. The van der Waals surface area contributed by atoms with Crippen molar-refractivity contribution in [1.29, 1.82) is 0 Å². The Morgan fingerprint density at radius 2 is 1.84 bits per heavy atom. The number of carbonyl (C=O) groups is 1. The molecule has 0 radical (unpaired) electrons. The molecule has 5 nitrogen and oxygen atoms in total. The van der Waals surface area contributed by atoms with Gasteiger partial charge in [-0.05, 0) is 43.5 Å². The van der Waals surface area contributed by atoms with Gasteiger partial charge in [-0.1, -0.05) is 48.2 Å². The lowest BCUT2D eigenvalue weighted by molar-refractivity contribution is -0.117. The average Bonchev–Trinajstić information content (AvgIpc) is 3.19. The predicted molar refractivity (Wildman–Crippen MR) is 131 cm³/mol. The van der Waals surface area contributed by atoms with Crippen LogP contribution in [-0.2, 0) is 4.79 Å². The van der Waals surface area contributed by atoms with E-state index in [4.69, 9.17) is 0 Å². The van der Waals surface area contributed by atoms with Gasteiger partial charge in [0.05, 0.1) is 21.8 Å². The number of hydrogen-bond donors (Lipinski definition) is 1. The van der Waals surface area contributed by atoms with Gasteiger partial charge in [0.15, 0.2) is 0 Å². The van der Waals surface area contributed by atoms with Crippen LogP contribution in [0.4, 0.5) is 0 Å². The van der Waals surface area contributed by atoms with Crippen LogP contribution in [0, 0.1) is 0 Å². The fourth-order valence-corrected chi connectivity index (χ4v) is 5.22. The fraction of sp³-hybridized carbons (Fsp3) is 0.304. The maximum absolute atomic E-state index is 12.9. The molecule has 0 saturated carbocycles. The van der Waals surface area contributed by atoms with Crippen LogP contribution in [0.1, 0.15) is 37.1 Å². The van der Waals surface area contributed by atoms with Gasteiger partial charge in [0.2, 0.25) is 0 Å². The summed E-state index contributed by atoms with van der Waals surface area (Å²) in [5.74, 6) is 0.0222. The first-order valence-corrected chi connectivity index (χ1v) is 11.0. The van der Waals surface area contributed by atoms with Gasteiger partial charge in [-0.3, -0.25) is 14.1 Å². The standard InChI is InChI=1S/C23H24N4OS.2ClH/c1-16(17-6-3-2-4-7-17)26-12-10-18(11-13-26)25-23(28)20-14-19-15-24-21-8-5-9-22(29-20)27(19)21;;/h2-9,14-16,18H,10-13H2,1H3,(H,25,28);2*1H. The summed E-state index contributed by atoms with van der Waals surface area (Å²) in [6, 6.07) is 17.3. The summed E-state index contributed by atoms with van der Waals surface area (Å²) in [4.78, 5) is 20.6. The number of amides is 1. The van der Waals surface area contributed by atoms with E-state index in [1.54, 1.807) is 0 Å². The molecule has 1 N–H and O–H groups in total. The molecule has 0 bridgehead atoms. The lowest BCUT2D eigenvalue weighted by atomic mass is 10.00. The quantitative estimate of drug-likeness (QED) is 0.577. The first kappa shape index (κ1) is 23.7. The first-order chi connectivity index (χ1) is 14.2. The molecule has 1 aromatic carbocycles. The zero-order valence-corrected chi connectivity index (χ0v) is 19.7. The molecular weight excluding hydrogens is 451 g/mol. The van der Waals surface area contributed by atoms with Crippen LogP contribution >= 0.6 is 36.6 Å². The van der Waals surface area contributed by atoms with Crippen molar-refractivity contribution in [2.24, 2.45) is 0 Å². The van der Waals surface area contributed by atoms with Gasteiger partial charge in [0, 0.05) is 25.2 Å². The van der Waals surface area contributed by atoms with Crippen molar-refractivity contribution >= 4 is 54.2 Å². The monoisotopic (exact) mass is 476 g/mol. The molecule has 31 heavy (non-hydrogen) atoms. The van der Waals surface area contributed by atoms with Gasteiger partial charge in [-0.2, -0.15) is 0 Å². The summed E-state index contributed by atoms with van der Waals surface area (Å²) in [5.41, 5.74) is 3.23. The summed E-state index contributed by atoms with van der Waals surface area (Å²) in [6.07, 6.45) is 5.73. The maximum atomic E-state index is 12.9. The number of aromatic nitrogens is 2. The lowest BCUT2D eigenvalue weighted by Crippen LogP contribution is -2.45. The smallest absolute Gasteiger partial charge is 0.258 e. The van der Waals surface area contributed by atoms with Crippen molar-refractivity contribution in [2.75, 3.05) is 13.1 Å². The van der Waals surface area contributed by atoms with E-state index in [1.165, 1.54) is 17.3 Å². The van der Waals surface area contributed by atoms with Crippen LogP contribution in [0.5, 0.6) is 0 Å². The zero-order valence-electron chi connectivity index (χ0n) is 17.2. The number of thioether (sulfide) groups is 1. The number of rotatable bonds is 4. The Morgan fingerprint density at radius 3 is 2.58 bits per heavy atom. The minimum atomic E-state index is 0. The SMILES string of the molecule is CC(c1ccccc1)N1CCC(NC(=O)C2=Cc3cnc4cccc(n34)S2)CC1.Cl.Cl. The van der Waals surface area contributed by atoms with Crippen LogP contribution in [-0.4, -0.2) is 39.3 Å². The van der Waals surface area contributed by atoms with E-state index in [9.17, 15) is 4.79 Å². The van der Waals surface area contributed by atoms with Gasteiger partial charge in [0.1, 0.15) is 5.65 Å². The van der Waals surface area contributed by atoms with Crippen molar-refractivity contribution in [1.82, 2.24) is 19.6 Å². The molecular formula is C23H26Cl2N4OS. The molecule has 3 aromatic rings. The van der Waals surface area contributed by atoms with Crippen LogP contribution in [0.15, 0.2) is 64.7 Å². The Hall–Kier alpha value is -1.99. The number of imidazole rings is 1. The van der Waals surface area contributed by atoms with Gasteiger partial charge in [-0.15, -0.1) is 24.8 Å². The van der Waals surface area contributed by atoms with Gasteiger partial charge >= 0.3 is 0 Å². The maximum Gasteiger partial charge on any atom is 0.258 e. The van der Waals surface area contributed by atoms with Crippen molar-refractivity contribution in [3.63, 3.8) is 0 Å². The normalized spacial score (nSPS) is 17.3. The second kappa shape index (κ2) is 10.1. The van der Waals surface area contributed by atoms with E-state index in [0.717, 1.165) is 47.2 Å². The molecule has 1 saturated heterocycles. The molecule has 5 rings (SSSR count). The molecule has 0 spiro atoms. The van der Waals surface area contributed by atoms with Crippen LogP contribution in [0.2, 0.25) is 0 Å². The van der Waals surface area contributed by atoms with E-state index in [0.29, 0.717) is 6.04 Å². The number of pyridine rings is 1. The molecule has 2 aromatic heterocycles. The molecule has 1 unspecified atom stereocenters. The Bertz CT molecular complexity index is 1080. The van der Waals surface area contributed by atoms with E-state index >= 15 is 0 Å². The molecule has 1 atom stereocenters. The van der Waals surface area contributed by atoms with E-state index in [2.05, 4.69) is 56.9 Å². The summed E-state index contributed by atoms with van der Waals surface area (Å²) in [6.45, 7) is 4.26. The lowest BCUT2D eigenvalue weighted by Gasteiger charge is -2.36. The summed E-state index contributed by atoms with van der Waals surface area (Å²) in [5, 5.41) is 4.29. The summed E-state index contributed by atoms with van der Waals surface area (Å²) >= 11 is 1.52. The van der Waals surface area contributed by atoms with Crippen molar-refractivity contribution in [2.45, 2.75) is 36.9 Å². The molecule has 1 fully saturated rings. The minimum Gasteiger partial charge on any atom is -0.349 e. The second-order valence-electron chi connectivity index (χ2n) is 7.72. The van der Waals surface area contributed by atoms with Crippen molar-refractivity contribution in [3.8, 4) is 0 Å². The fourth-order valence-electron chi connectivity index (χ4n) is 4.23. The molecule has 2 aliphatic heterocycles. The first-order valence-electron chi connectivity index (χ1n) is 10.1. The highest BCUT2D eigenvalue weighted by atomic mass is 35.5. The highest BCUT2D eigenvalue weighted by Crippen LogP contribution is 2.34. The molecule has 1 amide bonds. The van der Waals surface area contributed by atoms with Crippen LogP contribution in [0.3, 0.4) is 0 Å². The van der Waals surface area contributed by atoms with Crippen LogP contribution in [0.25, 0.3) is 11.7 Å². The Kier molecular flexibility index (Phi) is 7.70. The highest BCUT2D eigenvalue weighted by Gasteiger charge is 2.26. The topological polar surface area (TPSA) is 49.6 Å². The van der Waals surface area contributed by atoms with Gasteiger partial charge in [0.25, 0.3) is 5.91 Å². The number of hydrogen-bond acceptors (Lipinski definition) is 4. The van der Waals surface area contributed by atoms with Crippen LogP contribution < -0.4 is 5.32 Å². The van der Waals surface area contributed by atoms with Gasteiger partial charge in [-0.25, -0.2) is 4.98 Å². The highest BCUT2D eigenvalue weighted by molar-refractivity contribution is 8.04. The second-order valence-corrected chi connectivity index (χ2v) is 8.78. The van der Waals surface area contributed by atoms with Crippen molar-refractivity contribution in [3.05, 3.63) is 70.9 Å². The average molecular weight is 477 g/mol. The predicted octanol–water partition coefficient (Wildman–Crippen LogP) is 4.97. The Morgan fingerprint density at radius 1 is 1.10 bits per heavy atom. The van der Waals surface area contributed by atoms with E-state index in [-0.39, 0.29) is 36.8 Å². The van der Waals surface area contributed by atoms with Gasteiger partial charge < -0.3 is 5.32 Å². The number of nitrogens with one attached hydrogen (secondary N) is 1. The third-order valence-electron chi connectivity index (χ3n) is 5.93. The number of halogens is 2. The molecule has 0 aliphatic carbocycles. The third kappa shape index (κ3) is 4.77. The third-order valence-corrected chi connectivity index (χ3v) is 6.98. The number of piperidine rings is 1. The Labute approximate surface area is 199 Å². The summed E-state index contributed by atoms with van der Waals surface area (Å²) < 4.78 is 2.09. The number of carbonyl (C=O) groups excluding carboxylic acids is 1. The summed E-state index contributed by atoms with van der Waals surface area (Å²) in [7, 11) is 0.